The van der Waals surface area contributed by atoms with Crippen molar-refractivity contribution in [3.8, 4) is 5.75 Å². The highest BCUT2D eigenvalue weighted by Crippen LogP contribution is 2.37. The first-order valence-corrected chi connectivity index (χ1v) is 10.5. The largest absolute Gasteiger partial charge is 0.488 e. The van der Waals surface area contributed by atoms with Gasteiger partial charge in [-0.2, -0.15) is 0 Å². The van der Waals surface area contributed by atoms with Crippen molar-refractivity contribution in [3.63, 3.8) is 0 Å². The highest BCUT2D eigenvalue weighted by Gasteiger charge is 2.25. The van der Waals surface area contributed by atoms with Crippen LogP contribution in [0.15, 0.2) is 24.5 Å². The molecule has 1 aliphatic rings. The second kappa shape index (κ2) is 8.53. The maximum Gasteiger partial charge on any atom is 0.346 e. The van der Waals surface area contributed by atoms with Crippen LogP contribution in [0.3, 0.4) is 0 Å². The molecule has 1 saturated carbocycles. The van der Waals surface area contributed by atoms with Crippen LogP contribution in [0.1, 0.15) is 40.9 Å². The number of anilines is 2. The van der Waals surface area contributed by atoms with Gasteiger partial charge in [0, 0.05) is 19.6 Å². The first kappa shape index (κ1) is 20.5. The Morgan fingerprint density at radius 2 is 2.10 bits per heavy atom. The summed E-state index contributed by atoms with van der Waals surface area (Å²) in [5.74, 6) is -0.564. The fourth-order valence-corrected chi connectivity index (χ4v) is 4.79. The molecule has 0 spiro atoms. The minimum atomic E-state index is -1.00. The fraction of sp³-hybridized carbons (Fsp3) is 0.381. The molecule has 0 radical (unpaired) electrons. The van der Waals surface area contributed by atoms with Crippen molar-refractivity contribution < 1.29 is 23.8 Å². The lowest BCUT2D eigenvalue weighted by Crippen LogP contribution is -2.29. The second-order valence-electron chi connectivity index (χ2n) is 7.29. The van der Waals surface area contributed by atoms with Crippen LogP contribution in [0, 0.1) is 12.7 Å². The van der Waals surface area contributed by atoms with Crippen LogP contribution in [0.4, 0.5) is 15.9 Å². The number of aromatic carboxylic acids is 1. The van der Waals surface area contributed by atoms with Gasteiger partial charge in [0.15, 0.2) is 0 Å². The molecular formula is C21H22FN3O4S. The van der Waals surface area contributed by atoms with Gasteiger partial charge < -0.3 is 19.9 Å². The Morgan fingerprint density at radius 3 is 2.87 bits per heavy atom. The highest BCUT2D eigenvalue weighted by molar-refractivity contribution is 7.20. The van der Waals surface area contributed by atoms with Crippen LogP contribution in [-0.2, 0) is 4.74 Å². The highest BCUT2D eigenvalue weighted by atomic mass is 32.1. The van der Waals surface area contributed by atoms with Gasteiger partial charge in [0.25, 0.3) is 0 Å². The van der Waals surface area contributed by atoms with E-state index in [1.807, 2.05) is 0 Å². The summed E-state index contributed by atoms with van der Waals surface area (Å²) in [6.45, 7) is 1.73. The van der Waals surface area contributed by atoms with Crippen molar-refractivity contribution in [1.82, 2.24) is 9.97 Å². The van der Waals surface area contributed by atoms with Crippen LogP contribution in [0.5, 0.6) is 5.75 Å². The first-order chi connectivity index (χ1) is 14.5. The summed E-state index contributed by atoms with van der Waals surface area (Å²) in [5.41, 5.74) is 1.14. The molecule has 0 amide bonds. The molecule has 30 heavy (non-hydrogen) atoms. The maximum absolute atomic E-state index is 14.0. The summed E-state index contributed by atoms with van der Waals surface area (Å²) < 4.78 is 25.6. The van der Waals surface area contributed by atoms with Gasteiger partial charge in [0.1, 0.15) is 39.5 Å². The number of nitrogens with zero attached hydrogens (tertiary/aromatic N) is 2. The normalized spacial score (nSPS) is 19.0. The van der Waals surface area contributed by atoms with E-state index in [1.165, 1.54) is 18.5 Å². The van der Waals surface area contributed by atoms with Gasteiger partial charge in [-0.1, -0.05) is 0 Å². The minimum Gasteiger partial charge on any atom is -0.488 e. The van der Waals surface area contributed by atoms with Crippen molar-refractivity contribution in [3.05, 3.63) is 40.8 Å². The number of methoxy groups -OCH3 is 1. The number of halogens is 1. The number of carboxylic acid groups (broad SMARTS) is 1. The predicted octanol–water partition coefficient (Wildman–Crippen LogP) is 4.92. The smallest absolute Gasteiger partial charge is 0.346 e. The van der Waals surface area contributed by atoms with E-state index in [4.69, 9.17) is 9.47 Å². The number of benzene rings is 1. The minimum absolute atomic E-state index is 0.0713. The van der Waals surface area contributed by atoms with E-state index in [2.05, 4.69) is 15.3 Å². The summed E-state index contributed by atoms with van der Waals surface area (Å²) in [6, 6.07) is 4.28. The van der Waals surface area contributed by atoms with Gasteiger partial charge >= 0.3 is 5.97 Å². The van der Waals surface area contributed by atoms with E-state index in [0.29, 0.717) is 33.0 Å². The number of aromatic nitrogens is 2. The molecule has 1 fully saturated rings. The quantitative estimate of drug-likeness (QED) is 0.572. The first-order valence-electron chi connectivity index (χ1n) is 9.69. The molecular weight excluding hydrogens is 409 g/mol. The van der Waals surface area contributed by atoms with Gasteiger partial charge in [-0.25, -0.2) is 19.2 Å². The van der Waals surface area contributed by atoms with Crippen molar-refractivity contribution in [2.24, 2.45) is 0 Å². The zero-order valence-electron chi connectivity index (χ0n) is 16.6. The van der Waals surface area contributed by atoms with Crippen LogP contribution in [0.25, 0.3) is 10.2 Å². The molecule has 158 valence electrons. The summed E-state index contributed by atoms with van der Waals surface area (Å²) in [5, 5.41) is 13.2. The lowest BCUT2D eigenvalue weighted by molar-refractivity contribution is 0.0211. The standard InChI is InChI=1S/C21H22FN3O4S/c1-11-17-19(23-10-24-20(17)30-18(11)21(26)27)25-15-7-6-12(22)8-16(15)29-14-5-3-4-13(9-14)28-2/h6-8,10,13-14H,3-5,9H2,1-2H3,(H,26,27)(H,23,24,25)/t13-,14?/m0/s1. The molecule has 1 aliphatic carbocycles. The van der Waals surface area contributed by atoms with Crippen LogP contribution < -0.4 is 10.1 Å². The number of thiophene rings is 1. The van der Waals surface area contributed by atoms with E-state index in [0.717, 1.165) is 37.0 Å². The van der Waals surface area contributed by atoms with E-state index in [1.54, 1.807) is 20.1 Å². The van der Waals surface area contributed by atoms with Gasteiger partial charge in [-0.05, 0) is 43.9 Å². The number of rotatable bonds is 6. The van der Waals surface area contributed by atoms with E-state index in [-0.39, 0.29) is 17.1 Å². The Labute approximate surface area is 176 Å². The van der Waals surface area contributed by atoms with Crippen molar-refractivity contribution in [2.45, 2.75) is 44.8 Å². The number of fused-ring (bicyclic) bond motifs is 1. The van der Waals surface area contributed by atoms with Crippen molar-refractivity contribution in [2.75, 3.05) is 12.4 Å². The number of ether oxygens (including phenoxy) is 2. The molecule has 2 heterocycles. The summed E-state index contributed by atoms with van der Waals surface area (Å²) in [7, 11) is 1.69. The number of aryl methyl sites for hydroxylation is 1. The predicted molar refractivity (Wildman–Crippen MR) is 112 cm³/mol. The van der Waals surface area contributed by atoms with E-state index < -0.39 is 11.8 Å². The Kier molecular flexibility index (Phi) is 5.83. The summed E-state index contributed by atoms with van der Waals surface area (Å²) in [4.78, 5) is 20.8. The molecule has 2 N–H and O–H groups in total. The average Bonchev–Trinajstić information content (AvgIpc) is 3.08. The zero-order chi connectivity index (χ0) is 21.3. The molecule has 4 rings (SSSR count). The Hall–Kier alpha value is -2.78. The lowest BCUT2D eigenvalue weighted by Gasteiger charge is -2.29. The van der Waals surface area contributed by atoms with E-state index >= 15 is 0 Å². The second-order valence-corrected chi connectivity index (χ2v) is 8.29. The SMILES string of the molecule is CO[C@H]1CCCC(Oc2cc(F)ccc2Nc2ncnc3sc(C(=O)O)c(C)c23)C1. The Balaban J connectivity index is 1.66. The Morgan fingerprint density at radius 1 is 1.30 bits per heavy atom. The number of hydrogen-bond acceptors (Lipinski definition) is 7. The van der Waals surface area contributed by atoms with Gasteiger partial charge in [-0.15, -0.1) is 11.3 Å². The maximum atomic E-state index is 14.0. The number of hydrogen-bond donors (Lipinski definition) is 2. The molecule has 3 aromatic rings. The third-order valence-electron chi connectivity index (χ3n) is 5.32. The van der Waals surface area contributed by atoms with Gasteiger partial charge in [-0.3, -0.25) is 0 Å². The summed E-state index contributed by atoms with van der Waals surface area (Å²) in [6.07, 6.45) is 5.04. The third-order valence-corrected chi connectivity index (χ3v) is 6.51. The molecule has 7 nitrogen and oxygen atoms in total. The molecule has 9 heteroatoms. The number of nitrogens with one attached hydrogen (secondary N) is 1. The molecule has 0 saturated heterocycles. The van der Waals surface area contributed by atoms with Crippen molar-refractivity contribution in [1.29, 1.82) is 0 Å². The van der Waals surface area contributed by atoms with Crippen LogP contribution in [-0.4, -0.2) is 40.4 Å². The van der Waals surface area contributed by atoms with Gasteiger partial charge in [0.05, 0.1) is 17.2 Å². The molecule has 2 atom stereocenters. The molecule has 0 aliphatic heterocycles. The summed E-state index contributed by atoms with van der Waals surface area (Å²) >= 11 is 1.10. The molecule has 2 aromatic heterocycles. The van der Waals surface area contributed by atoms with E-state index in [9.17, 15) is 14.3 Å². The molecule has 1 aromatic carbocycles. The lowest BCUT2D eigenvalue weighted by atomic mass is 9.95. The fourth-order valence-electron chi connectivity index (χ4n) is 3.80. The van der Waals surface area contributed by atoms with Gasteiger partial charge in [0.2, 0.25) is 0 Å². The molecule has 1 unspecified atom stereocenters. The Bertz CT molecular complexity index is 1090. The van der Waals surface area contributed by atoms with Crippen molar-refractivity contribution >= 4 is 39.0 Å². The molecule has 0 bridgehead atoms. The average molecular weight is 431 g/mol. The topological polar surface area (TPSA) is 93.6 Å². The monoisotopic (exact) mass is 431 g/mol. The third kappa shape index (κ3) is 4.08. The number of carboxylic acids is 1. The number of carbonyl (C=O) groups is 1. The van der Waals surface area contributed by atoms with Crippen LogP contribution >= 0.6 is 11.3 Å². The zero-order valence-corrected chi connectivity index (χ0v) is 17.5. The van der Waals surface area contributed by atoms with Crippen LogP contribution in [0.2, 0.25) is 0 Å².